The Hall–Kier alpha value is -1.56. The van der Waals surface area contributed by atoms with Crippen molar-refractivity contribution in [1.82, 2.24) is 15.1 Å². The van der Waals surface area contributed by atoms with Gasteiger partial charge < -0.3 is 10.4 Å². The number of rotatable bonds is 7. The van der Waals surface area contributed by atoms with E-state index in [-0.39, 0.29) is 17.1 Å². The minimum atomic E-state index is -0.937. The Balaban J connectivity index is 2.69. The quantitative estimate of drug-likeness (QED) is 0.801. The Morgan fingerprint density at radius 3 is 2.74 bits per heavy atom. The van der Waals surface area contributed by atoms with E-state index in [0.29, 0.717) is 6.42 Å². The SMILES string of the molecule is CCCCC(CC(=O)O)NC(=O)c1nn(C)cc1Cl. The fourth-order valence-electron chi connectivity index (χ4n) is 1.75. The van der Waals surface area contributed by atoms with Crippen LogP contribution >= 0.6 is 11.6 Å². The van der Waals surface area contributed by atoms with Crippen molar-refractivity contribution in [2.75, 3.05) is 0 Å². The van der Waals surface area contributed by atoms with Crippen molar-refractivity contribution >= 4 is 23.5 Å². The number of aliphatic carboxylic acids is 1. The van der Waals surface area contributed by atoms with Gasteiger partial charge in [0.1, 0.15) is 0 Å². The average Bonchev–Trinajstić information content (AvgIpc) is 2.64. The molecule has 19 heavy (non-hydrogen) atoms. The Morgan fingerprint density at radius 2 is 2.26 bits per heavy atom. The van der Waals surface area contributed by atoms with Crippen molar-refractivity contribution in [3.63, 3.8) is 0 Å². The first-order valence-corrected chi connectivity index (χ1v) is 6.53. The van der Waals surface area contributed by atoms with Crippen molar-refractivity contribution in [2.45, 2.75) is 38.6 Å². The van der Waals surface area contributed by atoms with Crippen LogP contribution in [0.5, 0.6) is 0 Å². The van der Waals surface area contributed by atoms with Gasteiger partial charge in [0, 0.05) is 19.3 Å². The fraction of sp³-hybridized carbons (Fsp3) is 0.583. The van der Waals surface area contributed by atoms with E-state index in [1.165, 1.54) is 10.9 Å². The number of carboxylic acid groups (broad SMARTS) is 1. The maximum Gasteiger partial charge on any atom is 0.305 e. The zero-order valence-electron chi connectivity index (χ0n) is 11.0. The summed E-state index contributed by atoms with van der Waals surface area (Å²) >= 11 is 5.87. The molecular weight excluding hydrogens is 270 g/mol. The first-order valence-electron chi connectivity index (χ1n) is 6.15. The van der Waals surface area contributed by atoms with Crippen LogP contribution in [0.15, 0.2) is 6.20 Å². The molecule has 106 valence electrons. The lowest BCUT2D eigenvalue weighted by atomic mass is 10.1. The lowest BCUT2D eigenvalue weighted by Crippen LogP contribution is -2.36. The molecule has 0 bridgehead atoms. The lowest BCUT2D eigenvalue weighted by Gasteiger charge is -2.15. The van der Waals surface area contributed by atoms with Gasteiger partial charge in [0.25, 0.3) is 5.91 Å². The van der Waals surface area contributed by atoms with E-state index < -0.39 is 17.9 Å². The number of nitrogens with zero attached hydrogens (tertiary/aromatic N) is 2. The van der Waals surface area contributed by atoms with Gasteiger partial charge in [-0.1, -0.05) is 31.4 Å². The molecule has 0 spiro atoms. The summed E-state index contributed by atoms with van der Waals surface area (Å²) in [5.41, 5.74) is 0.121. The predicted molar refractivity (Wildman–Crippen MR) is 71.3 cm³/mol. The summed E-state index contributed by atoms with van der Waals surface area (Å²) < 4.78 is 1.44. The van der Waals surface area contributed by atoms with Crippen molar-refractivity contribution in [2.24, 2.45) is 7.05 Å². The minimum absolute atomic E-state index is 0.101. The van der Waals surface area contributed by atoms with Gasteiger partial charge in [0.05, 0.1) is 11.4 Å². The van der Waals surface area contributed by atoms with Gasteiger partial charge in [-0.05, 0) is 6.42 Å². The van der Waals surface area contributed by atoms with Crippen LogP contribution in [-0.4, -0.2) is 32.8 Å². The topological polar surface area (TPSA) is 84.2 Å². The molecule has 0 aromatic carbocycles. The molecule has 1 aromatic rings. The monoisotopic (exact) mass is 287 g/mol. The second-order valence-corrected chi connectivity index (χ2v) is 4.82. The standard InChI is InChI=1S/C12H18ClN3O3/c1-3-4-5-8(6-10(17)18)14-12(19)11-9(13)7-16(2)15-11/h7-8H,3-6H2,1-2H3,(H,14,19)(H,17,18). The molecule has 0 fully saturated rings. The summed E-state index contributed by atoms with van der Waals surface area (Å²) in [4.78, 5) is 22.7. The van der Waals surface area contributed by atoms with Crippen LogP contribution in [-0.2, 0) is 11.8 Å². The Morgan fingerprint density at radius 1 is 1.58 bits per heavy atom. The Bertz CT molecular complexity index is 459. The molecule has 1 unspecified atom stereocenters. The number of carboxylic acids is 1. The molecule has 7 heteroatoms. The normalized spacial score (nSPS) is 12.2. The highest BCUT2D eigenvalue weighted by Gasteiger charge is 2.20. The van der Waals surface area contributed by atoms with Crippen molar-refractivity contribution in [3.05, 3.63) is 16.9 Å². The van der Waals surface area contributed by atoms with Crippen LogP contribution in [0, 0.1) is 0 Å². The summed E-state index contributed by atoms with van der Waals surface area (Å²) in [6.45, 7) is 2.01. The number of aromatic nitrogens is 2. The van der Waals surface area contributed by atoms with E-state index in [2.05, 4.69) is 10.4 Å². The van der Waals surface area contributed by atoms with Crippen molar-refractivity contribution in [1.29, 1.82) is 0 Å². The van der Waals surface area contributed by atoms with E-state index in [4.69, 9.17) is 16.7 Å². The summed E-state index contributed by atoms with van der Waals surface area (Å²) in [5.74, 6) is -1.37. The molecule has 0 aliphatic rings. The van der Waals surface area contributed by atoms with Gasteiger partial charge in [-0.2, -0.15) is 5.10 Å². The van der Waals surface area contributed by atoms with Gasteiger partial charge in [0.2, 0.25) is 0 Å². The smallest absolute Gasteiger partial charge is 0.305 e. The van der Waals surface area contributed by atoms with Crippen LogP contribution in [0.1, 0.15) is 43.1 Å². The maximum absolute atomic E-state index is 12.0. The Labute approximate surface area is 116 Å². The van der Waals surface area contributed by atoms with Gasteiger partial charge in [-0.15, -0.1) is 0 Å². The Kier molecular flexibility index (Phi) is 5.82. The largest absolute Gasteiger partial charge is 0.481 e. The fourth-order valence-corrected chi connectivity index (χ4v) is 2.02. The number of nitrogens with one attached hydrogen (secondary N) is 1. The number of carbonyl (C=O) groups is 2. The van der Waals surface area contributed by atoms with Gasteiger partial charge in [-0.3, -0.25) is 14.3 Å². The van der Waals surface area contributed by atoms with Crippen LogP contribution in [0.25, 0.3) is 0 Å². The van der Waals surface area contributed by atoms with E-state index in [1.807, 2.05) is 6.92 Å². The number of amides is 1. The summed E-state index contributed by atoms with van der Waals surface area (Å²) in [7, 11) is 1.66. The molecule has 0 aliphatic carbocycles. The highest BCUT2D eigenvalue weighted by atomic mass is 35.5. The number of hydrogen-bond acceptors (Lipinski definition) is 3. The van der Waals surface area contributed by atoms with Crippen molar-refractivity contribution in [3.8, 4) is 0 Å². The zero-order chi connectivity index (χ0) is 14.4. The van der Waals surface area contributed by atoms with E-state index in [1.54, 1.807) is 7.05 Å². The highest BCUT2D eigenvalue weighted by Crippen LogP contribution is 2.14. The second-order valence-electron chi connectivity index (χ2n) is 4.41. The van der Waals surface area contributed by atoms with Crippen LogP contribution in [0.4, 0.5) is 0 Å². The van der Waals surface area contributed by atoms with Crippen LogP contribution in [0.2, 0.25) is 5.02 Å². The minimum Gasteiger partial charge on any atom is -0.481 e. The lowest BCUT2D eigenvalue weighted by molar-refractivity contribution is -0.137. The number of hydrogen-bond donors (Lipinski definition) is 2. The number of aryl methyl sites for hydroxylation is 1. The first kappa shape index (κ1) is 15.5. The summed E-state index contributed by atoms with van der Waals surface area (Å²) in [6.07, 6.45) is 3.84. The molecule has 0 saturated heterocycles. The summed E-state index contributed by atoms with van der Waals surface area (Å²) in [5, 5.41) is 15.7. The molecule has 0 aliphatic heterocycles. The molecule has 1 rings (SSSR count). The van der Waals surface area contributed by atoms with Gasteiger partial charge >= 0.3 is 5.97 Å². The third kappa shape index (κ3) is 4.90. The molecule has 1 atom stereocenters. The number of halogens is 1. The molecule has 0 saturated carbocycles. The summed E-state index contributed by atoms with van der Waals surface area (Å²) in [6, 6.07) is -0.400. The molecule has 1 heterocycles. The zero-order valence-corrected chi connectivity index (χ0v) is 11.8. The van der Waals surface area contributed by atoms with E-state index >= 15 is 0 Å². The molecule has 2 N–H and O–H groups in total. The number of unbranched alkanes of at least 4 members (excludes halogenated alkanes) is 1. The molecule has 6 nitrogen and oxygen atoms in total. The van der Waals surface area contributed by atoms with Gasteiger partial charge in [-0.25, -0.2) is 0 Å². The average molecular weight is 288 g/mol. The highest BCUT2D eigenvalue weighted by molar-refractivity contribution is 6.33. The van der Waals surface area contributed by atoms with E-state index in [0.717, 1.165) is 12.8 Å². The van der Waals surface area contributed by atoms with E-state index in [9.17, 15) is 9.59 Å². The molecule has 0 radical (unpaired) electrons. The van der Waals surface area contributed by atoms with Gasteiger partial charge in [0.15, 0.2) is 5.69 Å². The van der Waals surface area contributed by atoms with Crippen LogP contribution < -0.4 is 5.32 Å². The second kappa shape index (κ2) is 7.13. The van der Waals surface area contributed by atoms with Crippen molar-refractivity contribution < 1.29 is 14.7 Å². The maximum atomic E-state index is 12.0. The molecular formula is C12H18ClN3O3. The third-order valence-corrected chi connectivity index (χ3v) is 2.94. The molecule has 1 amide bonds. The predicted octanol–water partition coefficient (Wildman–Crippen LogP) is 1.84. The third-order valence-electron chi connectivity index (χ3n) is 2.66. The first-order chi connectivity index (χ1) is 8.93. The van der Waals surface area contributed by atoms with Crippen LogP contribution in [0.3, 0.4) is 0 Å². The number of carbonyl (C=O) groups excluding carboxylic acids is 1. The molecule has 1 aromatic heterocycles.